The molecule has 1 saturated heterocycles. The highest BCUT2D eigenvalue weighted by atomic mass is 16.3. The summed E-state index contributed by atoms with van der Waals surface area (Å²) in [5, 5.41) is 12.3. The summed E-state index contributed by atoms with van der Waals surface area (Å²) < 4.78 is 0. The van der Waals surface area contributed by atoms with Crippen LogP contribution in [-0.2, 0) is 0 Å². The third kappa shape index (κ3) is 2.43. The fourth-order valence-electron chi connectivity index (χ4n) is 1.43. The van der Waals surface area contributed by atoms with E-state index in [1.54, 1.807) is 0 Å². The summed E-state index contributed by atoms with van der Waals surface area (Å²) in [6.07, 6.45) is 1.09. The first-order chi connectivity index (χ1) is 5.26. The van der Waals surface area contributed by atoms with Crippen molar-refractivity contribution >= 4 is 0 Å². The van der Waals surface area contributed by atoms with Gasteiger partial charge in [-0.1, -0.05) is 6.92 Å². The first kappa shape index (κ1) is 8.97. The number of hydrogen-bond acceptors (Lipinski definition) is 3. The Morgan fingerprint density at radius 3 is 2.64 bits per heavy atom. The zero-order valence-electron chi connectivity index (χ0n) is 7.38. The van der Waals surface area contributed by atoms with Gasteiger partial charge in [-0.05, 0) is 13.5 Å². The quantitative estimate of drug-likeness (QED) is 0.587. The van der Waals surface area contributed by atoms with Gasteiger partial charge in [0.25, 0.3) is 0 Å². The molecule has 0 unspecified atom stereocenters. The standard InChI is InChI=1S/C8H18N2O/c1-3-7(9-2)4-10-5-8(11)6-10/h7-9,11H,3-6H2,1-2H3/t7-/m0/s1. The van der Waals surface area contributed by atoms with Crippen LogP contribution in [0, 0.1) is 0 Å². The molecule has 1 heterocycles. The van der Waals surface area contributed by atoms with Crippen LogP contribution < -0.4 is 5.32 Å². The van der Waals surface area contributed by atoms with Crippen LogP contribution >= 0.6 is 0 Å². The fourth-order valence-corrected chi connectivity index (χ4v) is 1.43. The molecule has 3 heteroatoms. The number of likely N-dealkylation sites (tertiary alicyclic amines) is 1. The Hall–Kier alpha value is -0.120. The van der Waals surface area contributed by atoms with E-state index in [0.29, 0.717) is 6.04 Å². The summed E-state index contributed by atoms with van der Waals surface area (Å²) in [5.74, 6) is 0. The maximum atomic E-state index is 9.01. The molecular weight excluding hydrogens is 140 g/mol. The number of hydrogen-bond donors (Lipinski definition) is 2. The van der Waals surface area contributed by atoms with Crippen LogP contribution in [0.25, 0.3) is 0 Å². The van der Waals surface area contributed by atoms with Crippen molar-refractivity contribution in [2.75, 3.05) is 26.7 Å². The predicted octanol–water partition coefficient (Wildman–Crippen LogP) is -0.339. The van der Waals surface area contributed by atoms with Crippen molar-refractivity contribution in [2.24, 2.45) is 0 Å². The van der Waals surface area contributed by atoms with E-state index in [0.717, 1.165) is 26.1 Å². The van der Waals surface area contributed by atoms with Crippen molar-refractivity contribution in [3.8, 4) is 0 Å². The highest BCUT2D eigenvalue weighted by Gasteiger charge is 2.25. The second kappa shape index (κ2) is 4.04. The molecule has 1 aliphatic heterocycles. The van der Waals surface area contributed by atoms with Crippen molar-refractivity contribution in [3.05, 3.63) is 0 Å². The normalized spacial score (nSPS) is 23.2. The van der Waals surface area contributed by atoms with E-state index in [1.165, 1.54) is 0 Å². The molecule has 1 atom stereocenters. The van der Waals surface area contributed by atoms with Crippen LogP contribution in [0.15, 0.2) is 0 Å². The zero-order valence-corrected chi connectivity index (χ0v) is 7.38. The lowest BCUT2D eigenvalue weighted by atomic mass is 10.1. The molecule has 11 heavy (non-hydrogen) atoms. The number of aliphatic hydroxyl groups is 1. The van der Waals surface area contributed by atoms with Crippen LogP contribution in [0.2, 0.25) is 0 Å². The van der Waals surface area contributed by atoms with E-state index >= 15 is 0 Å². The largest absolute Gasteiger partial charge is 0.390 e. The third-order valence-electron chi connectivity index (χ3n) is 2.32. The Labute approximate surface area is 68.4 Å². The van der Waals surface area contributed by atoms with Gasteiger partial charge in [0.2, 0.25) is 0 Å². The van der Waals surface area contributed by atoms with Gasteiger partial charge in [-0.3, -0.25) is 4.90 Å². The predicted molar refractivity (Wildman–Crippen MR) is 45.6 cm³/mol. The Morgan fingerprint density at radius 2 is 2.27 bits per heavy atom. The first-order valence-corrected chi connectivity index (χ1v) is 4.34. The van der Waals surface area contributed by atoms with Crippen LogP contribution in [0.1, 0.15) is 13.3 Å². The van der Waals surface area contributed by atoms with Gasteiger partial charge in [0, 0.05) is 25.7 Å². The minimum absolute atomic E-state index is 0.0654. The van der Waals surface area contributed by atoms with Crippen LogP contribution in [-0.4, -0.2) is 48.8 Å². The van der Waals surface area contributed by atoms with E-state index < -0.39 is 0 Å². The van der Waals surface area contributed by atoms with E-state index in [4.69, 9.17) is 5.11 Å². The van der Waals surface area contributed by atoms with Gasteiger partial charge in [0.05, 0.1) is 6.10 Å². The maximum absolute atomic E-state index is 9.01. The highest BCUT2D eigenvalue weighted by Crippen LogP contribution is 2.08. The van der Waals surface area contributed by atoms with Crippen molar-refractivity contribution < 1.29 is 5.11 Å². The molecule has 0 aromatic rings. The van der Waals surface area contributed by atoms with Gasteiger partial charge >= 0.3 is 0 Å². The van der Waals surface area contributed by atoms with Crippen molar-refractivity contribution in [3.63, 3.8) is 0 Å². The Morgan fingerprint density at radius 1 is 1.64 bits per heavy atom. The van der Waals surface area contributed by atoms with Gasteiger partial charge in [-0.15, -0.1) is 0 Å². The molecule has 3 nitrogen and oxygen atoms in total. The van der Waals surface area contributed by atoms with Crippen LogP contribution in [0.3, 0.4) is 0 Å². The number of nitrogens with zero attached hydrogens (tertiary/aromatic N) is 1. The number of β-amino-alcohol motifs (C(OH)–C–C–N with tert-alkyl or cyclic N) is 1. The summed E-state index contributed by atoms with van der Waals surface area (Å²) in [4.78, 5) is 2.27. The highest BCUT2D eigenvalue weighted by molar-refractivity contribution is 4.81. The lowest BCUT2D eigenvalue weighted by Gasteiger charge is -2.37. The molecule has 1 fully saturated rings. The Kier molecular flexibility index (Phi) is 3.30. The van der Waals surface area contributed by atoms with Gasteiger partial charge < -0.3 is 10.4 Å². The molecule has 2 N–H and O–H groups in total. The molecule has 1 rings (SSSR count). The molecule has 0 spiro atoms. The minimum Gasteiger partial charge on any atom is -0.390 e. The lowest BCUT2D eigenvalue weighted by molar-refractivity contribution is -0.00265. The van der Waals surface area contributed by atoms with Gasteiger partial charge in [0.15, 0.2) is 0 Å². The summed E-state index contributed by atoms with van der Waals surface area (Å²) >= 11 is 0. The number of likely N-dealkylation sites (N-methyl/N-ethyl adjacent to an activating group) is 1. The summed E-state index contributed by atoms with van der Waals surface area (Å²) in [6, 6.07) is 0.586. The average molecular weight is 158 g/mol. The van der Waals surface area contributed by atoms with E-state index in [2.05, 4.69) is 17.1 Å². The van der Waals surface area contributed by atoms with Gasteiger partial charge in [0.1, 0.15) is 0 Å². The fraction of sp³-hybridized carbons (Fsp3) is 1.00. The molecule has 0 radical (unpaired) electrons. The van der Waals surface area contributed by atoms with Gasteiger partial charge in [-0.2, -0.15) is 0 Å². The molecular formula is C8H18N2O. The summed E-state index contributed by atoms with van der Waals surface area (Å²) in [5.41, 5.74) is 0. The van der Waals surface area contributed by atoms with Crippen molar-refractivity contribution in [1.82, 2.24) is 10.2 Å². The van der Waals surface area contributed by atoms with Crippen LogP contribution in [0.4, 0.5) is 0 Å². The molecule has 1 aliphatic rings. The van der Waals surface area contributed by atoms with E-state index in [1.807, 2.05) is 7.05 Å². The number of aliphatic hydroxyl groups excluding tert-OH is 1. The van der Waals surface area contributed by atoms with Crippen LogP contribution in [0.5, 0.6) is 0 Å². The molecule has 0 aromatic heterocycles. The zero-order chi connectivity index (χ0) is 8.27. The Bertz CT molecular complexity index is 109. The number of rotatable bonds is 4. The molecule has 0 amide bonds. The number of nitrogens with one attached hydrogen (secondary N) is 1. The van der Waals surface area contributed by atoms with Gasteiger partial charge in [-0.25, -0.2) is 0 Å². The summed E-state index contributed by atoms with van der Waals surface area (Å²) in [6.45, 7) is 4.97. The monoisotopic (exact) mass is 158 g/mol. The molecule has 0 aliphatic carbocycles. The topological polar surface area (TPSA) is 35.5 Å². The smallest absolute Gasteiger partial charge is 0.0793 e. The van der Waals surface area contributed by atoms with Crippen molar-refractivity contribution in [2.45, 2.75) is 25.5 Å². The molecule has 0 saturated carbocycles. The molecule has 0 bridgehead atoms. The second-order valence-electron chi connectivity index (χ2n) is 3.27. The average Bonchev–Trinajstić information content (AvgIpc) is 1.96. The first-order valence-electron chi connectivity index (χ1n) is 4.34. The second-order valence-corrected chi connectivity index (χ2v) is 3.27. The maximum Gasteiger partial charge on any atom is 0.0793 e. The Balaban J connectivity index is 2.09. The van der Waals surface area contributed by atoms with E-state index in [-0.39, 0.29) is 6.10 Å². The van der Waals surface area contributed by atoms with Crippen molar-refractivity contribution in [1.29, 1.82) is 0 Å². The summed E-state index contributed by atoms with van der Waals surface area (Å²) in [7, 11) is 1.99. The minimum atomic E-state index is -0.0654. The van der Waals surface area contributed by atoms with E-state index in [9.17, 15) is 0 Å². The molecule has 66 valence electrons. The SMILES string of the molecule is CC[C@@H](CN1CC(O)C1)NC. The third-order valence-corrected chi connectivity index (χ3v) is 2.32. The molecule has 0 aromatic carbocycles. The lowest BCUT2D eigenvalue weighted by Crippen LogP contribution is -2.54.